The highest BCUT2D eigenvalue weighted by atomic mass is 16.6. The fraction of sp³-hybridized carbons (Fsp3) is 0.964. The molecule has 0 aromatic carbocycles. The predicted molar refractivity (Wildman–Crippen MR) is 129 cm³/mol. The highest BCUT2D eigenvalue weighted by Crippen LogP contribution is 2.41. The van der Waals surface area contributed by atoms with Crippen molar-refractivity contribution in [1.82, 2.24) is 0 Å². The van der Waals surface area contributed by atoms with Gasteiger partial charge in [0.2, 0.25) is 0 Å². The molecule has 4 nitrogen and oxygen atoms in total. The van der Waals surface area contributed by atoms with E-state index in [1.807, 2.05) is 0 Å². The maximum Gasteiger partial charge on any atom is 0.309 e. The van der Waals surface area contributed by atoms with E-state index in [4.69, 9.17) is 9.47 Å². The van der Waals surface area contributed by atoms with E-state index in [-0.39, 0.29) is 30.0 Å². The van der Waals surface area contributed by atoms with Gasteiger partial charge in [0.15, 0.2) is 6.29 Å². The molecular weight excluding hydrogens is 400 g/mol. The Morgan fingerprint density at radius 1 is 0.750 bits per heavy atom. The minimum absolute atomic E-state index is 0.0244. The molecule has 3 aliphatic rings. The maximum absolute atomic E-state index is 13.4. The molecule has 3 unspecified atom stereocenters. The summed E-state index contributed by atoms with van der Waals surface area (Å²) in [6, 6.07) is 0. The van der Waals surface area contributed by atoms with E-state index in [2.05, 4.69) is 41.5 Å². The molecule has 1 N–H and O–H groups in total. The van der Waals surface area contributed by atoms with Crippen molar-refractivity contribution in [3.05, 3.63) is 0 Å². The van der Waals surface area contributed by atoms with Gasteiger partial charge in [-0.1, -0.05) is 67.2 Å². The van der Waals surface area contributed by atoms with E-state index in [1.54, 1.807) is 0 Å². The summed E-state index contributed by atoms with van der Waals surface area (Å²) in [6.45, 7) is 13.6. The molecule has 3 fully saturated rings. The van der Waals surface area contributed by atoms with Gasteiger partial charge in [0.1, 0.15) is 6.10 Å². The Morgan fingerprint density at radius 3 is 1.88 bits per heavy atom. The number of aliphatic hydroxyl groups is 1. The van der Waals surface area contributed by atoms with Gasteiger partial charge >= 0.3 is 5.97 Å². The molecule has 0 bridgehead atoms. The Balaban J connectivity index is 1.65. The number of esters is 1. The number of carbonyl (C=O) groups excluding carboxylic acids is 1. The van der Waals surface area contributed by atoms with Gasteiger partial charge < -0.3 is 14.6 Å². The first-order valence-electron chi connectivity index (χ1n) is 13.7. The van der Waals surface area contributed by atoms with Crippen LogP contribution in [0, 0.1) is 47.3 Å². The van der Waals surface area contributed by atoms with E-state index < -0.39 is 6.29 Å². The van der Waals surface area contributed by atoms with Crippen LogP contribution < -0.4 is 0 Å². The largest absolute Gasteiger partial charge is 0.462 e. The Bertz CT molecular complexity index is 588. The van der Waals surface area contributed by atoms with Crippen LogP contribution in [-0.4, -0.2) is 29.6 Å². The van der Waals surface area contributed by atoms with E-state index in [0.29, 0.717) is 35.5 Å². The molecule has 186 valence electrons. The molecule has 0 aromatic rings. The zero-order valence-electron chi connectivity index (χ0n) is 21.6. The average Bonchev–Trinajstić information content (AvgIpc) is 2.73. The third kappa shape index (κ3) is 6.50. The Labute approximate surface area is 197 Å². The molecule has 0 radical (unpaired) electrons. The van der Waals surface area contributed by atoms with E-state index in [1.165, 1.54) is 19.3 Å². The smallest absolute Gasteiger partial charge is 0.309 e. The predicted octanol–water partition coefficient (Wildman–Crippen LogP) is 6.59. The van der Waals surface area contributed by atoms with Crippen LogP contribution in [0.2, 0.25) is 0 Å². The molecule has 3 saturated carbocycles. The van der Waals surface area contributed by atoms with Gasteiger partial charge in [-0.05, 0) is 74.0 Å². The molecule has 32 heavy (non-hydrogen) atoms. The van der Waals surface area contributed by atoms with Crippen molar-refractivity contribution < 1.29 is 19.4 Å². The van der Waals surface area contributed by atoms with Crippen LogP contribution in [0.1, 0.15) is 106 Å². The number of ether oxygens (including phenoxy) is 2. The van der Waals surface area contributed by atoms with Crippen LogP contribution in [0.5, 0.6) is 0 Å². The van der Waals surface area contributed by atoms with Gasteiger partial charge in [-0.15, -0.1) is 0 Å². The first-order chi connectivity index (χ1) is 15.2. The molecule has 0 aliphatic heterocycles. The zero-order chi connectivity index (χ0) is 23.4. The van der Waals surface area contributed by atoms with Crippen LogP contribution in [0.15, 0.2) is 0 Å². The van der Waals surface area contributed by atoms with E-state index >= 15 is 0 Å². The maximum atomic E-state index is 13.4. The van der Waals surface area contributed by atoms with Crippen LogP contribution in [0.25, 0.3) is 0 Å². The summed E-state index contributed by atoms with van der Waals surface area (Å²) in [5.74, 6) is 2.81. The van der Waals surface area contributed by atoms with Crippen molar-refractivity contribution >= 4 is 5.97 Å². The summed E-state index contributed by atoms with van der Waals surface area (Å²) in [6.07, 6.45) is 9.78. The molecule has 0 aromatic heterocycles. The van der Waals surface area contributed by atoms with Crippen molar-refractivity contribution in [2.24, 2.45) is 47.3 Å². The normalized spacial score (nSPS) is 39.8. The van der Waals surface area contributed by atoms with Crippen LogP contribution >= 0.6 is 0 Å². The van der Waals surface area contributed by atoms with Gasteiger partial charge in [-0.25, -0.2) is 0 Å². The van der Waals surface area contributed by atoms with Crippen LogP contribution in [-0.2, 0) is 14.3 Å². The highest BCUT2D eigenvalue weighted by molar-refractivity contribution is 5.73. The van der Waals surface area contributed by atoms with Crippen molar-refractivity contribution in [2.45, 2.75) is 124 Å². The summed E-state index contributed by atoms with van der Waals surface area (Å²) in [4.78, 5) is 13.4. The van der Waals surface area contributed by atoms with E-state index in [0.717, 1.165) is 44.9 Å². The van der Waals surface area contributed by atoms with Crippen molar-refractivity contribution in [3.63, 3.8) is 0 Å². The van der Waals surface area contributed by atoms with Crippen LogP contribution in [0.4, 0.5) is 0 Å². The molecule has 4 heteroatoms. The minimum Gasteiger partial charge on any atom is -0.462 e. The monoisotopic (exact) mass is 450 g/mol. The fourth-order valence-corrected chi connectivity index (χ4v) is 6.83. The quantitative estimate of drug-likeness (QED) is 0.351. The topological polar surface area (TPSA) is 55.8 Å². The van der Waals surface area contributed by atoms with Gasteiger partial charge in [0.05, 0.1) is 12.0 Å². The molecule has 3 rings (SSSR count). The molecule has 0 spiro atoms. The second-order valence-corrected chi connectivity index (χ2v) is 12.2. The van der Waals surface area contributed by atoms with Crippen molar-refractivity contribution in [3.8, 4) is 0 Å². The Morgan fingerprint density at radius 2 is 1.28 bits per heavy atom. The molecular formula is C28H50O4. The number of aliphatic hydroxyl groups excluding tert-OH is 1. The second kappa shape index (κ2) is 11.7. The standard InChI is InChI=1S/C28H50O4/c1-17(2)21-13-11-19(5)15-25(21)31-27(29)23-9-7-8-10-24(23)28(30)32-26-16-20(6)12-14-22(26)18(3)4/h17-27,29H,7-16H2,1-6H3/t19?,20-,21+,22+,23+,24+,25-,26?,27?/m1/s1. The molecule has 9 atom stereocenters. The summed E-state index contributed by atoms with van der Waals surface area (Å²) in [5.41, 5.74) is 0. The van der Waals surface area contributed by atoms with Gasteiger partial charge in [-0.3, -0.25) is 4.79 Å². The lowest BCUT2D eigenvalue weighted by atomic mass is 9.74. The summed E-state index contributed by atoms with van der Waals surface area (Å²) in [7, 11) is 0. The third-order valence-electron chi connectivity index (χ3n) is 8.99. The van der Waals surface area contributed by atoms with Crippen molar-refractivity contribution in [1.29, 1.82) is 0 Å². The summed E-state index contributed by atoms with van der Waals surface area (Å²) in [5, 5.41) is 11.2. The second-order valence-electron chi connectivity index (χ2n) is 12.2. The minimum atomic E-state index is -0.865. The molecule has 0 saturated heterocycles. The molecule has 0 amide bonds. The Kier molecular flexibility index (Phi) is 9.50. The average molecular weight is 451 g/mol. The van der Waals surface area contributed by atoms with Crippen molar-refractivity contribution in [2.75, 3.05) is 0 Å². The third-order valence-corrected chi connectivity index (χ3v) is 8.99. The number of rotatable bonds is 7. The lowest BCUT2D eigenvalue weighted by molar-refractivity contribution is -0.212. The lowest BCUT2D eigenvalue weighted by Crippen LogP contribution is -2.44. The molecule has 3 aliphatic carbocycles. The fourth-order valence-electron chi connectivity index (χ4n) is 6.83. The van der Waals surface area contributed by atoms with Gasteiger partial charge in [0.25, 0.3) is 0 Å². The van der Waals surface area contributed by atoms with Crippen LogP contribution in [0.3, 0.4) is 0 Å². The number of hydrogen-bond donors (Lipinski definition) is 1. The highest BCUT2D eigenvalue weighted by Gasteiger charge is 2.42. The first kappa shape index (κ1) is 26.0. The zero-order valence-corrected chi connectivity index (χ0v) is 21.6. The molecule has 0 heterocycles. The van der Waals surface area contributed by atoms with E-state index in [9.17, 15) is 9.90 Å². The number of carbonyl (C=O) groups is 1. The summed E-state index contributed by atoms with van der Waals surface area (Å²) < 4.78 is 12.6. The lowest BCUT2D eigenvalue weighted by Gasteiger charge is -2.42. The SMILES string of the molecule is CC1CC[C@@H](C(C)C)[C@H](OC(O)[C@H]2CCCC[C@@H]2C(=O)OC2C[C@H](C)CC[C@H]2C(C)C)C1. The Hall–Kier alpha value is -0.610. The van der Waals surface area contributed by atoms with Gasteiger partial charge in [-0.2, -0.15) is 0 Å². The number of hydrogen-bond acceptors (Lipinski definition) is 4. The summed E-state index contributed by atoms with van der Waals surface area (Å²) >= 11 is 0. The van der Waals surface area contributed by atoms with Gasteiger partial charge in [0, 0.05) is 5.92 Å². The first-order valence-corrected chi connectivity index (χ1v) is 13.7.